The number of carboxylic acids is 7. The summed E-state index contributed by atoms with van der Waals surface area (Å²) < 4.78 is 17.0. The topological polar surface area (TPSA) is 449 Å². The largest absolute Gasteiger partial charge is 0.481 e. The van der Waals surface area contributed by atoms with Crippen LogP contribution in [0.15, 0.2) is 24.3 Å². The maximum Gasteiger partial charge on any atom is 0.403 e. The van der Waals surface area contributed by atoms with Crippen LogP contribution in [0.4, 0.5) is 0 Å². The first-order valence-corrected chi connectivity index (χ1v) is 25.8. The summed E-state index contributed by atoms with van der Waals surface area (Å²) in [4.78, 5) is 148. The number of unbranched alkanes of at least 4 members (excludes halogenated alkanes) is 2. The lowest BCUT2D eigenvalue weighted by atomic mass is 10.1. The van der Waals surface area contributed by atoms with Gasteiger partial charge in [-0.3, -0.25) is 67.3 Å². The molecule has 1 saturated heterocycles. The van der Waals surface area contributed by atoms with Crippen LogP contribution in [0.1, 0.15) is 73.7 Å². The molecule has 1 aliphatic heterocycles. The molecule has 0 aromatic heterocycles. The number of carbonyl (C=O) groups is 11. The van der Waals surface area contributed by atoms with E-state index in [0.29, 0.717) is 44.3 Å². The van der Waals surface area contributed by atoms with Crippen molar-refractivity contribution in [1.82, 2.24) is 46.0 Å². The lowest BCUT2D eigenvalue weighted by Crippen LogP contribution is -2.49. The van der Waals surface area contributed by atoms with Crippen molar-refractivity contribution in [1.29, 1.82) is 0 Å². The van der Waals surface area contributed by atoms with Crippen LogP contribution in [0.25, 0.3) is 0 Å². The van der Waals surface area contributed by atoms with Crippen molar-refractivity contribution >= 4 is 73.2 Å². The molecule has 1 fully saturated rings. The van der Waals surface area contributed by atoms with Crippen LogP contribution in [0.2, 0.25) is 0 Å². The van der Waals surface area contributed by atoms with E-state index < -0.39 is 118 Å². The Balaban J connectivity index is 1.75. The van der Waals surface area contributed by atoms with Gasteiger partial charge in [0.05, 0.1) is 32.8 Å². The van der Waals surface area contributed by atoms with Gasteiger partial charge in [-0.1, -0.05) is 18.6 Å². The molecular formula is C45H70N9O21P. The van der Waals surface area contributed by atoms with Crippen molar-refractivity contribution in [3.05, 3.63) is 35.4 Å². The number of nitrogens with one attached hydrogen (secondary N) is 5. The number of rotatable bonds is 35. The zero-order valence-corrected chi connectivity index (χ0v) is 42.7. The van der Waals surface area contributed by atoms with Gasteiger partial charge in [-0.2, -0.15) is 0 Å². The Morgan fingerprint density at radius 2 is 0.947 bits per heavy atom. The molecule has 4 amide bonds. The minimum atomic E-state index is -4.87. The van der Waals surface area contributed by atoms with E-state index in [1.807, 2.05) is 4.90 Å². The predicted octanol–water partition coefficient (Wildman–Crippen LogP) is -2.56. The Morgan fingerprint density at radius 1 is 0.500 bits per heavy atom. The molecule has 1 aromatic rings. The maximum atomic E-state index is 13.0. The smallest absolute Gasteiger partial charge is 0.403 e. The van der Waals surface area contributed by atoms with Gasteiger partial charge in [-0.15, -0.1) is 0 Å². The van der Waals surface area contributed by atoms with Gasteiger partial charge < -0.3 is 61.9 Å². The van der Waals surface area contributed by atoms with Gasteiger partial charge in [0.25, 0.3) is 5.91 Å². The third-order valence-electron chi connectivity index (χ3n) is 11.6. The van der Waals surface area contributed by atoms with E-state index in [9.17, 15) is 87.7 Å². The van der Waals surface area contributed by atoms with Crippen molar-refractivity contribution in [2.45, 2.75) is 82.3 Å². The number of carbonyl (C=O) groups excluding carboxylic acids is 4. The molecule has 3 unspecified atom stereocenters. The molecule has 1 heterocycles. The predicted molar refractivity (Wildman–Crippen MR) is 263 cm³/mol. The molecule has 4 atom stereocenters. The van der Waals surface area contributed by atoms with Crippen molar-refractivity contribution in [3.63, 3.8) is 0 Å². The van der Waals surface area contributed by atoms with Crippen molar-refractivity contribution < 1.29 is 102 Å². The van der Waals surface area contributed by atoms with Gasteiger partial charge in [0, 0.05) is 96.7 Å². The minimum Gasteiger partial charge on any atom is -0.481 e. The molecule has 0 bridgehead atoms. The molecule has 1 aliphatic rings. The third kappa shape index (κ3) is 29.4. The minimum absolute atomic E-state index is 0.0426. The van der Waals surface area contributed by atoms with E-state index in [2.05, 4.69) is 21.3 Å². The Morgan fingerprint density at radius 3 is 1.41 bits per heavy atom. The molecule has 13 N–H and O–H groups in total. The van der Waals surface area contributed by atoms with E-state index in [-0.39, 0.29) is 96.8 Å². The van der Waals surface area contributed by atoms with Crippen molar-refractivity contribution in [2.24, 2.45) is 0 Å². The quantitative estimate of drug-likeness (QED) is 0.0246. The number of amides is 4. The normalized spacial score (nSPS) is 16.2. The van der Waals surface area contributed by atoms with Gasteiger partial charge >= 0.3 is 49.5 Å². The molecule has 0 spiro atoms. The molecule has 30 nitrogen and oxygen atoms in total. The number of aliphatic carboxylic acids is 7. The highest BCUT2D eigenvalue weighted by atomic mass is 31.2. The summed E-state index contributed by atoms with van der Waals surface area (Å²) in [5.74, 6) is -11.5. The van der Waals surface area contributed by atoms with Gasteiger partial charge in [0.2, 0.25) is 17.7 Å². The first-order chi connectivity index (χ1) is 35.8. The van der Waals surface area contributed by atoms with Gasteiger partial charge in [-0.25, -0.2) is 19.2 Å². The van der Waals surface area contributed by atoms with Gasteiger partial charge in [0.15, 0.2) is 0 Å². The van der Waals surface area contributed by atoms with E-state index in [0.717, 1.165) is 5.56 Å². The lowest BCUT2D eigenvalue weighted by Gasteiger charge is -2.32. The first-order valence-electron chi connectivity index (χ1n) is 24.2. The molecule has 0 aliphatic carbocycles. The number of carboxylic acid groups (broad SMARTS) is 7. The maximum absolute atomic E-state index is 13.0. The Labute approximate surface area is 436 Å². The SMILES string of the molecule is O=C(O)CCC(NP(=O)(O)OCCC(NC(=O)CC[C@@H](NC(=O)CCCCCNC(=O)c1ccc(CCNC(=O)CN2CCN(CC(=O)O)CCN(CC(=O)O)CCN(CC(=O)O)CC2)cc1)C(=O)O)C(=O)O)C(=O)O. The molecular weight excluding hydrogens is 1030 g/mol. The van der Waals surface area contributed by atoms with Crippen molar-refractivity contribution in [2.75, 3.05) is 98.2 Å². The summed E-state index contributed by atoms with van der Waals surface area (Å²) in [5.41, 5.74) is 1.20. The molecule has 426 valence electrons. The highest BCUT2D eigenvalue weighted by Crippen LogP contribution is 2.38. The van der Waals surface area contributed by atoms with Crippen LogP contribution in [0.5, 0.6) is 0 Å². The molecule has 0 radical (unpaired) electrons. The first kappa shape index (κ1) is 65.5. The van der Waals surface area contributed by atoms with E-state index in [4.69, 9.17) is 14.7 Å². The Hall–Kier alpha value is -6.66. The van der Waals surface area contributed by atoms with E-state index in [1.165, 1.54) is 0 Å². The van der Waals surface area contributed by atoms with Crippen LogP contribution in [0, 0.1) is 0 Å². The van der Waals surface area contributed by atoms with Crippen LogP contribution in [0.3, 0.4) is 0 Å². The highest BCUT2D eigenvalue weighted by Gasteiger charge is 2.31. The molecule has 76 heavy (non-hydrogen) atoms. The summed E-state index contributed by atoms with van der Waals surface area (Å²) in [5, 5.41) is 77.0. The standard InChI is InChI=1S/C45H70N9O21P/c55-35(48-32(43(67)68)9-11-36(56)49-33(44(69)70)14-25-75-76(73,74)50-34(45(71)72)10-12-38(58)59)4-2-1-3-15-47-42(66)31-7-5-30(6-8-31)13-16-46-37(57)26-51-17-19-52(27-39(60)61)21-23-54(29-41(64)65)24-22-53(20-18-51)28-40(62)63/h5-8,32-34H,1-4,9-29H2,(H,46,57)(H,47,66)(H,48,55)(H,49,56)(H,58,59)(H,60,61)(H,62,63)(H,64,65)(H,67,68)(H,69,70)(H,71,72)(H2,50,73,74)/t32-,33?,34?/m1/s1. The van der Waals surface area contributed by atoms with E-state index in [1.54, 1.807) is 44.1 Å². The number of hydrogen-bond donors (Lipinski definition) is 13. The second-order valence-corrected chi connectivity index (χ2v) is 19.3. The fraction of sp³-hybridized carbons (Fsp3) is 0.622. The summed E-state index contributed by atoms with van der Waals surface area (Å²) in [7, 11) is -4.87. The molecule has 31 heteroatoms. The zero-order valence-electron chi connectivity index (χ0n) is 41.8. The molecule has 2 rings (SSSR count). The summed E-state index contributed by atoms with van der Waals surface area (Å²) in [6, 6.07) is 1.73. The zero-order chi connectivity index (χ0) is 56.8. The summed E-state index contributed by atoms with van der Waals surface area (Å²) in [6.07, 6.45) is -1.16. The fourth-order valence-corrected chi connectivity index (χ4v) is 8.53. The monoisotopic (exact) mass is 1100 g/mol. The van der Waals surface area contributed by atoms with Crippen LogP contribution < -0.4 is 26.4 Å². The Kier molecular flexibility index (Phi) is 30.0. The average Bonchev–Trinajstić information content (AvgIpc) is 3.32. The average molecular weight is 1100 g/mol. The Bertz CT molecular complexity index is 2160. The second kappa shape index (κ2) is 34.8. The van der Waals surface area contributed by atoms with Crippen LogP contribution in [-0.4, -0.2) is 242 Å². The second-order valence-electron chi connectivity index (χ2n) is 17.7. The number of nitrogens with zero attached hydrogens (tertiary/aromatic N) is 4. The summed E-state index contributed by atoms with van der Waals surface area (Å²) >= 11 is 0. The molecule has 1 aromatic carbocycles. The van der Waals surface area contributed by atoms with Crippen molar-refractivity contribution in [3.8, 4) is 0 Å². The third-order valence-corrected chi connectivity index (χ3v) is 12.7. The van der Waals surface area contributed by atoms with Gasteiger partial charge in [0.1, 0.15) is 18.1 Å². The van der Waals surface area contributed by atoms with E-state index >= 15 is 0 Å². The summed E-state index contributed by atoms with van der Waals surface area (Å²) in [6.45, 7) is 0.936. The van der Waals surface area contributed by atoms with Crippen LogP contribution in [-0.2, 0) is 63.5 Å². The molecule has 0 saturated carbocycles. The lowest BCUT2D eigenvalue weighted by molar-refractivity contribution is -0.143. The highest BCUT2D eigenvalue weighted by molar-refractivity contribution is 7.50. The fourth-order valence-electron chi connectivity index (χ4n) is 7.47. The van der Waals surface area contributed by atoms with Gasteiger partial charge in [-0.05, 0) is 49.8 Å². The number of hydrogen-bond acceptors (Lipinski definition) is 17. The van der Waals surface area contributed by atoms with Crippen LogP contribution >= 0.6 is 7.75 Å². The number of benzene rings is 1.